The van der Waals surface area contributed by atoms with Crippen LogP contribution >= 0.6 is 0 Å². The van der Waals surface area contributed by atoms with Crippen molar-refractivity contribution in [2.24, 2.45) is 0 Å². The number of hydrogen-bond acceptors (Lipinski definition) is 6. The number of quaternary nitrogens is 1. The van der Waals surface area contributed by atoms with E-state index >= 15 is 0 Å². The molecular weight excluding hydrogens is 566 g/mol. The first-order valence-electron chi connectivity index (χ1n) is 14.0. The summed E-state index contributed by atoms with van der Waals surface area (Å²) in [7, 11) is 6.34. The topological polar surface area (TPSA) is 78.1 Å². The van der Waals surface area contributed by atoms with Gasteiger partial charge in [-0.1, -0.05) is 60.7 Å². The molecule has 0 aliphatic carbocycles. The SMILES string of the molecule is C[N+](C)(C)CCCOc1c(-c2ccc(OCc3ccccc3)c(OCc3ccccc3)c2)oc2cc(O)ccc2c1=O.[Cl-]. The van der Waals surface area contributed by atoms with Crippen molar-refractivity contribution in [1.82, 2.24) is 0 Å². The highest BCUT2D eigenvalue weighted by Gasteiger charge is 2.21. The lowest BCUT2D eigenvalue weighted by Crippen LogP contribution is -3.00. The van der Waals surface area contributed by atoms with Gasteiger partial charge in [0, 0.05) is 18.1 Å². The van der Waals surface area contributed by atoms with Crippen molar-refractivity contribution in [2.75, 3.05) is 34.3 Å². The molecule has 0 aliphatic rings. The maximum Gasteiger partial charge on any atom is 0.235 e. The van der Waals surface area contributed by atoms with Crippen LogP contribution in [0.15, 0.2) is 106 Å². The summed E-state index contributed by atoms with van der Waals surface area (Å²) >= 11 is 0. The maximum absolute atomic E-state index is 13.6. The van der Waals surface area contributed by atoms with E-state index in [0.29, 0.717) is 42.3 Å². The first-order valence-corrected chi connectivity index (χ1v) is 14.0. The molecule has 5 rings (SSSR count). The second-order valence-electron chi connectivity index (χ2n) is 11.2. The van der Waals surface area contributed by atoms with Crippen LogP contribution in [-0.4, -0.2) is 43.9 Å². The minimum atomic E-state index is -0.298. The zero-order chi connectivity index (χ0) is 29.5. The lowest BCUT2D eigenvalue weighted by atomic mass is 10.1. The molecule has 0 atom stereocenters. The van der Waals surface area contributed by atoms with E-state index in [1.165, 1.54) is 12.1 Å². The van der Waals surface area contributed by atoms with Crippen LogP contribution in [0.4, 0.5) is 0 Å². The van der Waals surface area contributed by atoms with E-state index in [9.17, 15) is 9.90 Å². The standard InChI is InChI=1S/C35H35NO6.ClH/c1-36(2,3)19-10-20-39-35-33(38)29-17-16-28(37)22-31(29)42-34(35)27-15-18-30(40-23-25-11-6-4-7-12-25)32(21-27)41-24-26-13-8-5-9-14-26;/h4-9,11-18,21-22H,10,19-20,23-24H2,1-3H3;1H. The van der Waals surface area contributed by atoms with Crippen LogP contribution in [0.5, 0.6) is 23.0 Å². The van der Waals surface area contributed by atoms with E-state index in [2.05, 4.69) is 21.1 Å². The first-order chi connectivity index (χ1) is 20.3. The normalized spacial score (nSPS) is 11.1. The summed E-state index contributed by atoms with van der Waals surface area (Å²) in [5.41, 5.74) is 2.60. The van der Waals surface area contributed by atoms with E-state index < -0.39 is 0 Å². The summed E-state index contributed by atoms with van der Waals surface area (Å²) in [5.74, 6) is 1.46. The molecule has 224 valence electrons. The molecule has 0 aliphatic heterocycles. The van der Waals surface area contributed by atoms with Crippen LogP contribution in [0, 0.1) is 0 Å². The maximum atomic E-state index is 13.6. The predicted octanol–water partition coefficient (Wildman–Crippen LogP) is 3.80. The third-order valence-electron chi connectivity index (χ3n) is 6.73. The van der Waals surface area contributed by atoms with Crippen molar-refractivity contribution >= 4 is 11.0 Å². The van der Waals surface area contributed by atoms with Crippen molar-refractivity contribution in [3.63, 3.8) is 0 Å². The smallest absolute Gasteiger partial charge is 0.235 e. The van der Waals surface area contributed by atoms with Crippen molar-refractivity contribution in [2.45, 2.75) is 19.6 Å². The average molecular weight is 602 g/mol. The van der Waals surface area contributed by atoms with Crippen molar-refractivity contribution < 1.29 is 40.6 Å². The molecule has 0 saturated heterocycles. The number of benzene rings is 4. The van der Waals surface area contributed by atoms with E-state index in [0.717, 1.165) is 28.6 Å². The van der Waals surface area contributed by atoms with E-state index in [4.69, 9.17) is 18.6 Å². The van der Waals surface area contributed by atoms with Gasteiger partial charge in [0.05, 0.1) is 39.7 Å². The summed E-state index contributed by atoms with van der Waals surface area (Å²) in [6.45, 7) is 1.93. The van der Waals surface area contributed by atoms with Crippen molar-refractivity contribution in [1.29, 1.82) is 0 Å². The molecule has 0 spiro atoms. The molecule has 1 heterocycles. The summed E-state index contributed by atoms with van der Waals surface area (Å²) in [5, 5.41) is 10.4. The average Bonchev–Trinajstić information content (AvgIpc) is 2.98. The number of hydrogen-bond donors (Lipinski definition) is 1. The zero-order valence-corrected chi connectivity index (χ0v) is 25.3. The number of phenolic OH excluding ortho intramolecular Hbond substituents is 1. The highest BCUT2D eigenvalue weighted by Crippen LogP contribution is 2.38. The molecule has 5 aromatic rings. The van der Waals surface area contributed by atoms with Gasteiger partial charge < -0.3 is 40.6 Å². The minimum Gasteiger partial charge on any atom is -1.00 e. The van der Waals surface area contributed by atoms with Gasteiger partial charge in [0.25, 0.3) is 0 Å². The van der Waals surface area contributed by atoms with Crippen molar-refractivity contribution in [3.8, 4) is 34.3 Å². The first kappa shape index (κ1) is 31.5. The molecule has 0 radical (unpaired) electrons. The third-order valence-corrected chi connectivity index (χ3v) is 6.73. The van der Waals surface area contributed by atoms with E-state index in [-0.39, 0.29) is 40.7 Å². The molecule has 8 heteroatoms. The fraction of sp³-hybridized carbons (Fsp3) is 0.229. The highest BCUT2D eigenvalue weighted by molar-refractivity contribution is 5.83. The fourth-order valence-corrected chi connectivity index (χ4v) is 4.55. The Balaban J connectivity index is 0.00000423. The number of rotatable bonds is 12. The van der Waals surface area contributed by atoms with Crippen LogP contribution in [0.2, 0.25) is 0 Å². The summed E-state index contributed by atoms with van der Waals surface area (Å²) in [6, 6.07) is 29.7. The number of fused-ring (bicyclic) bond motifs is 1. The van der Waals surface area contributed by atoms with Crippen LogP contribution in [0.25, 0.3) is 22.3 Å². The van der Waals surface area contributed by atoms with Gasteiger partial charge in [-0.25, -0.2) is 0 Å². The molecule has 1 aromatic heterocycles. The Labute approximate surface area is 257 Å². The highest BCUT2D eigenvalue weighted by atomic mass is 35.5. The second kappa shape index (κ2) is 14.1. The Hall–Kier alpha value is -4.46. The summed E-state index contributed by atoms with van der Waals surface area (Å²) < 4.78 is 25.6. The van der Waals surface area contributed by atoms with Gasteiger partial charge in [-0.15, -0.1) is 0 Å². The van der Waals surface area contributed by atoms with Gasteiger partial charge in [-0.3, -0.25) is 4.79 Å². The predicted molar refractivity (Wildman–Crippen MR) is 164 cm³/mol. The van der Waals surface area contributed by atoms with Gasteiger partial charge >= 0.3 is 0 Å². The van der Waals surface area contributed by atoms with Crippen LogP contribution in [0.3, 0.4) is 0 Å². The molecule has 0 amide bonds. The molecule has 4 aromatic carbocycles. The third kappa shape index (κ3) is 8.31. The molecule has 0 unspecified atom stereocenters. The number of phenols is 1. The second-order valence-corrected chi connectivity index (χ2v) is 11.2. The van der Waals surface area contributed by atoms with E-state index in [1.807, 2.05) is 72.8 Å². The summed E-state index contributed by atoms with van der Waals surface area (Å²) in [4.78, 5) is 13.6. The largest absolute Gasteiger partial charge is 1.00 e. The molecule has 0 saturated carbocycles. The molecular formula is C35H36ClNO6. The van der Waals surface area contributed by atoms with Crippen molar-refractivity contribution in [3.05, 3.63) is 118 Å². The zero-order valence-electron chi connectivity index (χ0n) is 24.6. The van der Waals surface area contributed by atoms with Gasteiger partial charge in [0.15, 0.2) is 17.3 Å². The molecule has 43 heavy (non-hydrogen) atoms. The Morgan fingerprint density at radius 2 is 1.37 bits per heavy atom. The van der Waals surface area contributed by atoms with Gasteiger partial charge in [0.1, 0.15) is 24.5 Å². The molecule has 1 N–H and O–H groups in total. The number of ether oxygens (including phenoxy) is 3. The molecule has 7 nitrogen and oxygen atoms in total. The Kier molecular flexibility index (Phi) is 10.3. The Morgan fingerprint density at radius 3 is 2.00 bits per heavy atom. The van der Waals surface area contributed by atoms with Crippen LogP contribution < -0.4 is 32.0 Å². The number of halogens is 1. The summed E-state index contributed by atoms with van der Waals surface area (Å²) in [6.07, 6.45) is 0.758. The number of nitrogens with zero attached hydrogens (tertiary/aromatic N) is 1. The fourth-order valence-electron chi connectivity index (χ4n) is 4.55. The molecule has 0 fully saturated rings. The van der Waals surface area contributed by atoms with Gasteiger partial charge in [0.2, 0.25) is 11.2 Å². The van der Waals surface area contributed by atoms with Crippen LogP contribution in [0.1, 0.15) is 17.5 Å². The van der Waals surface area contributed by atoms with Crippen LogP contribution in [-0.2, 0) is 13.2 Å². The monoisotopic (exact) mass is 601 g/mol. The number of aromatic hydroxyl groups is 1. The quantitative estimate of drug-likeness (QED) is 0.173. The van der Waals surface area contributed by atoms with Gasteiger partial charge in [-0.05, 0) is 41.5 Å². The van der Waals surface area contributed by atoms with Gasteiger partial charge in [-0.2, -0.15) is 0 Å². The lowest BCUT2D eigenvalue weighted by Gasteiger charge is -2.23. The lowest BCUT2D eigenvalue weighted by molar-refractivity contribution is -0.870. The minimum absolute atomic E-state index is 0. The molecule has 0 bridgehead atoms. The Bertz CT molecular complexity index is 1700. The Morgan fingerprint density at radius 1 is 0.744 bits per heavy atom. The van der Waals surface area contributed by atoms with E-state index in [1.54, 1.807) is 12.1 Å².